The zero-order valence-corrected chi connectivity index (χ0v) is 9.78. The van der Waals surface area contributed by atoms with E-state index in [1.165, 1.54) is 6.08 Å². The maximum absolute atomic E-state index is 13.1. The molecule has 0 atom stereocenters. The fourth-order valence-electron chi connectivity index (χ4n) is 1.26. The highest BCUT2D eigenvalue weighted by Crippen LogP contribution is 2.14. The maximum atomic E-state index is 13.1. The van der Waals surface area contributed by atoms with Crippen LogP contribution in [0.25, 0.3) is 6.08 Å². The van der Waals surface area contributed by atoms with Gasteiger partial charge < -0.3 is 5.32 Å². The van der Waals surface area contributed by atoms with Crippen molar-refractivity contribution in [3.05, 3.63) is 60.1 Å². The monoisotopic (exact) mass is 230 g/mol. The highest BCUT2D eigenvalue weighted by molar-refractivity contribution is 5.58. The van der Waals surface area contributed by atoms with Gasteiger partial charge in [0.15, 0.2) is 0 Å². The molecule has 0 bridgehead atoms. The van der Waals surface area contributed by atoms with Crippen LogP contribution in [0.15, 0.2) is 59.5 Å². The Morgan fingerprint density at radius 2 is 2.00 bits per heavy atom. The molecular weight excluding hydrogens is 215 g/mol. The van der Waals surface area contributed by atoms with Gasteiger partial charge in [0.2, 0.25) is 5.95 Å². The summed E-state index contributed by atoms with van der Waals surface area (Å²) >= 11 is 0. The second kappa shape index (κ2) is 6.43. The zero-order valence-electron chi connectivity index (χ0n) is 9.78. The number of aliphatic imine (C=N–C) groups is 1. The Bertz CT molecular complexity index is 456. The number of halogens is 1. The maximum Gasteiger partial charge on any atom is 0.219 e. The fraction of sp³-hybridized carbons (Fsp3) is 0.0714. The number of anilines is 1. The van der Waals surface area contributed by atoms with E-state index < -0.39 is 5.95 Å². The zero-order chi connectivity index (χ0) is 12.7. The normalized spacial score (nSPS) is 12.1. The minimum absolute atomic E-state index is 0.317. The lowest BCUT2D eigenvalue weighted by molar-refractivity contribution is 0.624. The first-order valence-electron chi connectivity index (χ1n) is 5.16. The van der Waals surface area contributed by atoms with Crippen molar-refractivity contribution >= 4 is 18.5 Å². The van der Waals surface area contributed by atoms with Crippen molar-refractivity contribution in [2.75, 3.05) is 12.4 Å². The highest BCUT2D eigenvalue weighted by Gasteiger charge is 1.96. The first kappa shape index (κ1) is 12.9. The Balaban J connectivity index is 2.89. The first-order chi connectivity index (χ1) is 8.21. The lowest BCUT2D eigenvalue weighted by Crippen LogP contribution is -1.86. The van der Waals surface area contributed by atoms with Gasteiger partial charge in [-0.05, 0) is 30.5 Å². The number of nitrogens with one attached hydrogen (secondary N) is 1. The molecule has 17 heavy (non-hydrogen) atoms. The summed E-state index contributed by atoms with van der Waals surface area (Å²) in [5.41, 5.74) is 2.32. The molecule has 0 heterocycles. The molecule has 1 aromatic rings. The number of rotatable bonds is 5. The van der Waals surface area contributed by atoms with Gasteiger partial charge >= 0.3 is 0 Å². The third kappa shape index (κ3) is 3.72. The quantitative estimate of drug-likeness (QED) is 0.464. The summed E-state index contributed by atoms with van der Waals surface area (Å²) in [5, 5.41) is 3.02. The summed E-state index contributed by atoms with van der Waals surface area (Å²) in [5.74, 6) is -0.622. The van der Waals surface area contributed by atoms with E-state index in [1.54, 1.807) is 12.2 Å². The summed E-state index contributed by atoms with van der Waals surface area (Å²) < 4.78 is 13.1. The summed E-state index contributed by atoms with van der Waals surface area (Å²) in [6, 6.07) is 7.75. The summed E-state index contributed by atoms with van der Waals surface area (Å²) in [6.45, 7) is 6.66. The minimum Gasteiger partial charge on any atom is -0.388 e. The Morgan fingerprint density at radius 3 is 2.47 bits per heavy atom. The molecule has 88 valence electrons. The Hall–Kier alpha value is -2.16. The number of hydrogen-bond acceptors (Lipinski definition) is 2. The molecule has 0 aliphatic heterocycles. The molecule has 0 aliphatic rings. The van der Waals surface area contributed by atoms with Crippen molar-refractivity contribution in [2.24, 2.45) is 4.99 Å². The van der Waals surface area contributed by atoms with Crippen LogP contribution >= 0.6 is 0 Å². The molecule has 0 saturated heterocycles. The molecule has 3 heteroatoms. The second-order valence-corrected chi connectivity index (χ2v) is 3.31. The molecule has 0 fully saturated rings. The van der Waals surface area contributed by atoms with E-state index in [-0.39, 0.29) is 0 Å². The molecule has 0 spiro atoms. The lowest BCUT2D eigenvalue weighted by atomic mass is 10.1. The van der Waals surface area contributed by atoms with Crippen LogP contribution in [0, 0.1) is 0 Å². The topological polar surface area (TPSA) is 24.4 Å². The van der Waals surface area contributed by atoms with E-state index in [0.717, 1.165) is 11.3 Å². The average Bonchev–Trinajstić information content (AvgIpc) is 2.39. The first-order valence-corrected chi connectivity index (χ1v) is 5.16. The Kier molecular flexibility index (Phi) is 4.88. The Labute approximate surface area is 101 Å². The van der Waals surface area contributed by atoms with Gasteiger partial charge in [-0.1, -0.05) is 30.9 Å². The van der Waals surface area contributed by atoms with Gasteiger partial charge in [0, 0.05) is 18.3 Å². The average molecular weight is 230 g/mol. The summed E-state index contributed by atoms with van der Waals surface area (Å²) in [7, 11) is 1.86. The number of nitrogens with zero attached hydrogens (tertiary/aromatic N) is 1. The largest absolute Gasteiger partial charge is 0.388 e. The van der Waals surface area contributed by atoms with E-state index >= 15 is 0 Å². The Morgan fingerprint density at radius 1 is 1.35 bits per heavy atom. The van der Waals surface area contributed by atoms with Crippen LogP contribution in [0.2, 0.25) is 0 Å². The molecule has 0 radical (unpaired) electrons. The van der Waals surface area contributed by atoms with Crippen LogP contribution in [0.5, 0.6) is 0 Å². The van der Waals surface area contributed by atoms with Crippen molar-refractivity contribution in [1.82, 2.24) is 0 Å². The second-order valence-electron chi connectivity index (χ2n) is 3.31. The number of benzene rings is 1. The summed E-state index contributed by atoms with van der Waals surface area (Å²) in [4.78, 5) is 3.23. The van der Waals surface area contributed by atoms with Gasteiger partial charge in [0.25, 0.3) is 0 Å². The van der Waals surface area contributed by atoms with Crippen LogP contribution in [0.4, 0.5) is 10.1 Å². The van der Waals surface area contributed by atoms with Gasteiger partial charge in [0.1, 0.15) is 0 Å². The van der Waals surface area contributed by atoms with E-state index in [2.05, 4.69) is 23.6 Å². The minimum atomic E-state index is -0.622. The predicted molar refractivity (Wildman–Crippen MR) is 72.9 cm³/mol. The van der Waals surface area contributed by atoms with Crippen LogP contribution in [0.3, 0.4) is 0 Å². The molecule has 0 amide bonds. The van der Waals surface area contributed by atoms with Crippen molar-refractivity contribution in [3.8, 4) is 0 Å². The van der Waals surface area contributed by atoms with Crippen molar-refractivity contribution in [1.29, 1.82) is 0 Å². The fourth-order valence-corrected chi connectivity index (χ4v) is 1.26. The molecule has 0 aliphatic carbocycles. The molecule has 0 unspecified atom stereocenters. The number of hydrogen-bond donors (Lipinski definition) is 1. The lowest BCUT2D eigenvalue weighted by Gasteiger charge is -1.99. The molecule has 0 aromatic heterocycles. The van der Waals surface area contributed by atoms with Crippen LogP contribution < -0.4 is 5.32 Å². The smallest absolute Gasteiger partial charge is 0.219 e. The molecule has 1 rings (SSSR count). The number of allylic oxidation sites excluding steroid dienone is 3. The van der Waals surface area contributed by atoms with Gasteiger partial charge in [-0.15, -0.1) is 0 Å². The van der Waals surface area contributed by atoms with Crippen molar-refractivity contribution < 1.29 is 4.39 Å². The molecule has 0 saturated carbocycles. The van der Waals surface area contributed by atoms with Crippen LogP contribution in [-0.4, -0.2) is 13.8 Å². The van der Waals surface area contributed by atoms with E-state index in [0.29, 0.717) is 5.57 Å². The van der Waals surface area contributed by atoms with Gasteiger partial charge in [-0.2, -0.15) is 4.39 Å². The van der Waals surface area contributed by atoms with E-state index in [4.69, 9.17) is 0 Å². The van der Waals surface area contributed by atoms with Gasteiger partial charge in [0.05, 0.1) is 0 Å². The third-order valence-electron chi connectivity index (χ3n) is 2.25. The molecule has 1 N–H and O–H groups in total. The van der Waals surface area contributed by atoms with Gasteiger partial charge in [-0.3, -0.25) is 0 Å². The molecule has 1 aromatic carbocycles. The van der Waals surface area contributed by atoms with E-state index in [1.807, 2.05) is 31.3 Å². The van der Waals surface area contributed by atoms with Crippen LogP contribution in [-0.2, 0) is 0 Å². The van der Waals surface area contributed by atoms with Crippen molar-refractivity contribution in [2.45, 2.75) is 0 Å². The molecule has 2 nitrogen and oxygen atoms in total. The molecular formula is C14H15FN2. The highest BCUT2D eigenvalue weighted by atomic mass is 19.1. The predicted octanol–water partition coefficient (Wildman–Crippen LogP) is 3.81. The standard InChI is InChI=1S/C14H15FN2/c1-4-12(14(15)17-3)8-5-11-6-9-13(16-2)10-7-11/h4-10,16H,1,3H2,2H3/b8-5+,14-12+. The van der Waals surface area contributed by atoms with Crippen LogP contribution in [0.1, 0.15) is 5.56 Å². The van der Waals surface area contributed by atoms with Crippen molar-refractivity contribution in [3.63, 3.8) is 0 Å². The summed E-state index contributed by atoms with van der Waals surface area (Å²) in [6.07, 6.45) is 4.81. The third-order valence-corrected chi connectivity index (χ3v) is 2.25. The van der Waals surface area contributed by atoms with E-state index in [9.17, 15) is 4.39 Å². The van der Waals surface area contributed by atoms with Gasteiger partial charge in [-0.25, -0.2) is 4.99 Å². The SMILES string of the molecule is C=CC(/C=C/c1ccc(NC)cc1)=C(/F)N=C.